The Morgan fingerprint density at radius 1 is 0.933 bits per heavy atom. The third-order valence-electron chi connectivity index (χ3n) is 2.40. The van der Waals surface area contributed by atoms with Crippen LogP contribution in [0.15, 0.2) is 30.3 Å². The third kappa shape index (κ3) is 1.77. The number of rotatable bonds is 2. The Morgan fingerprint density at radius 3 is 2.40 bits per heavy atom. The van der Waals surface area contributed by atoms with E-state index in [0.29, 0.717) is 11.2 Å². The second-order valence-corrected chi connectivity index (χ2v) is 3.31. The molecule has 0 saturated heterocycles. The van der Waals surface area contributed by atoms with Gasteiger partial charge in [0.05, 0.1) is 14.2 Å². The normalized spacial score (nSPS) is 10.3. The Kier molecular flexibility index (Phi) is 2.54. The van der Waals surface area contributed by atoms with Crippen LogP contribution in [0.4, 0.5) is 0 Å². The van der Waals surface area contributed by atoms with Crippen LogP contribution in [0.1, 0.15) is 0 Å². The van der Waals surface area contributed by atoms with Gasteiger partial charge in [-0.3, -0.25) is 0 Å². The fourth-order valence-corrected chi connectivity index (χ4v) is 1.58. The van der Waals surface area contributed by atoms with Crippen molar-refractivity contribution in [3.05, 3.63) is 30.3 Å². The second-order valence-electron chi connectivity index (χ2n) is 3.31. The molecular weight excluding hydrogens is 187 g/mol. The smallest absolute Gasteiger partial charge is 0.119 e. The predicted molar refractivity (Wildman–Crippen MR) is 62.4 cm³/mol. The second kappa shape index (κ2) is 3.85. The quantitative estimate of drug-likeness (QED) is 0.683. The Hall–Kier alpha value is -1.64. The molecule has 0 unspecified atom stereocenters. The standard InChI is InChI=1S/C12H11BO2/c1-14-10-4-3-8-6-11(13)12(15-2)7-9(8)5-10/h3-7H,1-2H3. The van der Waals surface area contributed by atoms with E-state index in [1.807, 2.05) is 30.3 Å². The summed E-state index contributed by atoms with van der Waals surface area (Å²) in [6.07, 6.45) is 0. The van der Waals surface area contributed by atoms with Gasteiger partial charge >= 0.3 is 0 Å². The number of methoxy groups -OCH3 is 2. The minimum absolute atomic E-state index is 0.648. The van der Waals surface area contributed by atoms with Crippen LogP contribution in [0, 0.1) is 0 Å². The third-order valence-corrected chi connectivity index (χ3v) is 2.40. The first-order valence-corrected chi connectivity index (χ1v) is 4.66. The van der Waals surface area contributed by atoms with Gasteiger partial charge in [0.15, 0.2) is 0 Å². The summed E-state index contributed by atoms with van der Waals surface area (Å²) in [5, 5.41) is 2.13. The summed E-state index contributed by atoms with van der Waals surface area (Å²) in [4.78, 5) is 0. The highest BCUT2D eigenvalue weighted by atomic mass is 16.5. The summed E-state index contributed by atoms with van der Waals surface area (Å²) in [5.41, 5.74) is 0.648. The maximum Gasteiger partial charge on any atom is 0.119 e. The lowest BCUT2D eigenvalue weighted by molar-refractivity contribution is 0.415. The number of hydrogen-bond donors (Lipinski definition) is 0. The number of fused-ring (bicyclic) bond motifs is 1. The van der Waals surface area contributed by atoms with Crippen molar-refractivity contribution >= 4 is 24.1 Å². The topological polar surface area (TPSA) is 18.5 Å². The van der Waals surface area contributed by atoms with E-state index in [4.69, 9.17) is 17.3 Å². The van der Waals surface area contributed by atoms with Gasteiger partial charge in [0.2, 0.25) is 0 Å². The molecule has 0 fully saturated rings. The summed E-state index contributed by atoms with van der Waals surface area (Å²) in [6, 6.07) is 9.65. The van der Waals surface area contributed by atoms with Crippen LogP contribution in [-0.2, 0) is 0 Å². The van der Waals surface area contributed by atoms with Gasteiger partial charge < -0.3 is 9.47 Å². The van der Waals surface area contributed by atoms with Crippen molar-refractivity contribution in [3.8, 4) is 11.5 Å². The van der Waals surface area contributed by atoms with Gasteiger partial charge in [-0.05, 0) is 29.0 Å². The van der Waals surface area contributed by atoms with Crippen molar-refractivity contribution < 1.29 is 9.47 Å². The van der Waals surface area contributed by atoms with Crippen molar-refractivity contribution in [2.24, 2.45) is 0 Å². The number of benzene rings is 2. The zero-order valence-electron chi connectivity index (χ0n) is 8.78. The van der Waals surface area contributed by atoms with Crippen LogP contribution < -0.4 is 14.9 Å². The highest BCUT2D eigenvalue weighted by Gasteiger charge is 2.02. The largest absolute Gasteiger partial charge is 0.497 e. The van der Waals surface area contributed by atoms with Crippen molar-refractivity contribution in [2.45, 2.75) is 0 Å². The fourth-order valence-electron chi connectivity index (χ4n) is 1.58. The molecule has 0 heterocycles. The lowest BCUT2D eigenvalue weighted by Crippen LogP contribution is -2.06. The average Bonchev–Trinajstić information content (AvgIpc) is 2.27. The molecule has 0 atom stereocenters. The highest BCUT2D eigenvalue weighted by Crippen LogP contribution is 2.23. The van der Waals surface area contributed by atoms with Gasteiger partial charge in [-0.2, -0.15) is 0 Å². The Labute approximate surface area is 90.2 Å². The van der Waals surface area contributed by atoms with Crippen LogP contribution in [0.5, 0.6) is 11.5 Å². The van der Waals surface area contributed by atoms with E-state index in [9.17, 15) is 0 Å². The molecule has 0 aliphatic heterocycles. The van der Waals surface area contributed by atoms with Gasteiger partial charge in [0.25, 0.3) is 0 Å². The molecule has 0 N–H and O–H groups in total. The van der Waals surface area contributed by atoms with E-state index >= 15 is 0 Å². The molecule has 0 bridgehead atoms. The van der Waals surface area contributed by atoms with Crippen molar-refractivity contribution in [1.82, 2.24) is 0 Å². The molecule has 0 aliphatic carbocycles. The lowest BCUT2D eigenvalue weighted by atomic mass is 9.92. The van der Waals surface area contributed by atoms with Crippen molar-refractivity contribution in [2.75, 3.05) is 14.2 Å². The first-order chi connectivity index (χ1) is 7.24. The monoisotopic (exact) mass is 198 g/mol. The molecule has 3 heteroatoms. The summed E-state index contributed by atoms with van der Waals surface area (Å²) in [7, 11) is 9.07. The SMILES string of the molecule is [B]c1cc2ccc(OC)cc2cc1OC. The molecule has 2 radical (unpaired) electrons. The molecule has 0 spiro atoms. The first kappa shape index (κ1) is 9.90. The summed E-state index contributed by atoms with van der Waals surface area (Å²) < 4.78 is 10.3. The minimum atomic E-state index is 0.648. The van der Waals surface area contributed by atoms with Gasteiger partial charge in [0.1, 0.15) is 19.3 Å². The Bertz CT molecular complexity index is 494. The maximum atomic E-state index is 5.81. The fraction of sp³-hybridized carbons (Fsp3) is 0.167. The van der Waals surface area contributed by atoms with E-state index in [1.165, 1.54) is 0 Å². The average molecular weight is 198 g/mol. The van der Waals surface area contributed by atoms with E-state index in [-0.39, 0.29) is 0 Å². The molecule has 15 heavy (non-hydrogen) atoms. The van der Waals surface area contributed by atoms with Crippen LogP contribution >= 0.6 is 0 Å². The van der Waals surface area contributed by atoms with E-state index in [0.717, 1.165) is 16.5 Å². The van der Waals surface area contributed by atoms with Gasteiger partial charge in [-0.25, -0.2) is 0 Å². The van der Waals surface area contributed by atoms with Crippen molar-refractivity contribution in [3.63, 3.8) is 0 Å². The molecule has 0 amide bonds. The zero-order chi connectivity index (χ0) is 10.8. The molecule has 2 aromatic carbocycles. The highest BCUT2D eigenvalue weighted by molar-refractivity contribution is 6.35. The summed E-state index contributed by atoms with van der Waals surface area (Å²) in [5.74, 6) is 1.52. The molecule has 2 rings (SSSR count). The van der Waals surface area contributed by atoms with Crippen LogP contribution in [0.25, 0.3) is 10.8 Å². The predicted octanol–water partition coefficient (Wildman–Crippen LogP) is 1.65. The molecular formula is C12H11BO2. The van der Waals surface area contributed by atoms with Crippen LogP contribution in [0.3, 0.4) is 0 Å². The zero-order valence-corrected chi connectivity index (χ0v) is 8.78. The number of ether oxygens (including phenoxy) is 2. The van der Waals surface area contributed by atoms with Gasteiger partial charge in [-0.15, -0.1) is 0 Å². The first-order valence-electron chi connectivity index (χ1n) is 4.66. The van der Waals surface area contributed by atoms with Crippen LogP contribution in [0.2, 0.25) is 0 Å². The molecule has 74 valence electrons. The summed E-state index contributed by atoms with van der Waals surface area (Å²) in [6.45, 7) is 0. The number of hydrogen-bond acceptors (Lipinski definition) is 2. The van der Waals surface area contributed by atoms with Gasteiger partial charge in [-0.1, -0.05) is 17.6 Å². The van der Waals surface area contributed by atoms with E-state index < -0.39 is 0 Å². The molecule has 2 aromatic rings. The lowest BCUT2D eigenvalue weighted by Gasteiger charge is -2.08. The maximum absolute atomic E-state index is 5.81. The molecule has 0 aliphatic rings. The van der Waals surface area contributed by atoms with Crippen molar-refractivity contribution in [1.29, 1.82) is 0 Å². The molecule has 0 aromatic heterocycles. The molecule has 2 nitrogen and oxygen atoms in total. The Morgan fingerprint density at radius 2 is 1.73 bits per heavy atom. The minimum Gasteiger partial charge on any atom is -0.497 e. The van der Waals surface area contributed by atoms with E-state index in [2.05, 4.69) is 0 Å². The van der Waals surface area contributed by atoms with Crippen LogP contribution in [-0.4, -0.2) is 22.1 Å². The summed E-state index contributed by atoms with van der Waals surface area (Å²) >= 11 is 0. The van der Waals surface area contributed by atoms with E-state index in [1.54, 1.807) is 14.2 Å². The van der Waals surface area contributed by atoms with Gasteiger partial charge in [0, 0.05) is 0 Å². The Balaban J connectivity index is 2.66. The molecule has 0 saturated carbocycles.